The molecule has 1 amide bonds. The van der Waals surface area contributed by atoms with Gasteiger partial charge in [-0.1, -0.05) is 12.8 Å². The fraction of sp³-hybridized carbons (Fsp3) is 0.533. The average Bonchev–Trinajstić information content (AvgIpc) is 2.68. The monoisotopic (exact) mass is 282 g/mol. The molecule has 1 aromatic rings. The minimum absolute atomic E-state index is 0.0345. The molecule has 0 unspecified atom stereocenters. The van der Waals surface area contributed by atoms with E-state index in [0.29, 0.717) is 13.0 Å². The van der Waals surface area contributed by atoms with E-state index in [1.165, 1.54) is 31.7 Å². The molecule has 0 radical (unpaired) electrons. The molecule has 0 bridgehead atoms. The first-order valence-corrected chi connectivity index (χ1v) is 7.12. The lowest BCUT2D eigenvalue weighted by Crippen LogP contribution is -2.28. The lowest BCUT2D eigenvalue weighted by atomic mass is 10.2. The first-order chi connectivity index (χ1) is 9.65. The summed E-state index contributed by atoms with van der Waals surface area (Å²) < 4.78 is 26.1. The van der Waals surface area contributed by atoms with Crippen LogP contribution in [0.25, 0.3) is 0 Å². The molecule has 0 saturated carbocycles. The Bertz CT molecular complexity index is 457. The van der Waals surface area contributed by atoms with E-state index >= 15 is 0 Å². The van der Waals surface area contributed by atoms with Gasteiger partial charge in [-0.15, -0.1) is 0 Å². The second-order valence-corrected chi connectivity index (χ2v) is 5.18. The summed E-state index contributed by atoms with van der Waals surface area (Å²) in [4.78, 5) is 14.1. The molecule has 0 aromatic heterocycles. The number of halogens is 2. The predicted molar refractivity (Wildman–Crippen MR) is 74.5 cm³/mol. The molecule has 0 spiro atoms. The van der Waals surface area contributed by atoms with Gasteiger partial charge in [0.1, 0.15) is 11.6 Å². The van der Waals surface area contributed by atoms with Crippen molar-refractivity contribution >= 4 is 11.6 Å². The number of hydrogen-bond acceptors (Lipinski definition) is 2. The fourth-order valence-electron chi connectivity index (χ4n) is 2.42. The maximum absolute atomic E-state index is 13.4. The molecule has 2 rings (SSSR count). The van der Waals surface area contributed by atoms with Crippen LogP contribution in [0, 0.1) is 11.6 Å². The van der Waals surface area contributed by atoms with Crippen molar-refractivity contribution in [2.24, 2.45) is 0 Å². The highest BCUT2D eigenvalue weighted by Crippen LogP contribution is 2.15. The highest BCUT2D eigenvalue weighted by molar-refractivity contribution is 5.90. The number of carbonyl (C=O) groups excluding carboxylic acids is 1. The first-order valence-electron chi connectivity index (χ1n) is 7.12. The van der Waals surface area contributed by atoms with Crippen LogP contribution in [-0.4, -0.2) is 30.4 Å². The summed E-state index contributed by atoms with van der Waals surface area (Å²) in [7, 11) is 0. The smallest absolute Gasteiger partial charge is 0.225 e. The third-order valence-corrected chi connectivity index (χ3v) is 3.56. The van der Waals surface area contributed by atoms with Gasteiger partial charge in [0.2, 0.25) is 5.91 Å². The largest absolute Gasteiger partial charge is 0.324 e. The van der Waals surface area contributed by atoms with Crippen LogP contribution in [0.3, 0.4) is 0 Å². The highest BCUT2D eigenvalue weighted by Gasteiger charge is 2.12. The van der Waals surface area contributed by atoms with E-state index in [9.17, 15) is 13.6 Å². The summed E-state index contributed by atoms with van der Waals surface area (Å²) in [6, 6.07) is 3.15. The molecule has 20 heavy (non-hydrogen) atoms. The number of anilines is 1. The van der Waals surface area contributed by atoms with Gasteiger partial charge in [0.25, 0.3) is 0 Å². The molecule has 1 aliphatic heterocycles. The quantitative estimate of drug-likeness (QED) is 0.920. The summed E-state index contributed by atoms with van der Waals surface area (Å²) in [5.74, 6) is -1.63. The molecule has 0 atom stereocenters. The number of carbonyl (C=O) groups is 1. The van der Waals surface area contributed by atoms with Gasteiger partial charge in [0.05, 0.1) is 5.69 Å². The second kappa shape index (κ2) is 7.33. The molecule has 3 nitrogen and oxygen atoms in total. The molecule has 1 heterocycles. The van der Waals surface area contributed by atoms with Crippen LogP contribution in [0.4, 0.5) is 14.5 Å². The van der Waals surface area contributed by atoms with Crippen LogP contribution < -0.4 is 5.32 Å². The summed E-state index contributed by atoms with van der Waals surface area (Å²) >= 11 is 0. The molecule has 1 N–H and O–H groups in total. The number of rotatable bonds is 4. The zero-order valence-electron chi connectivity index (χ0n) is 11.5. The molecule has 1 aliphatic rings. The summed E-state index contributed by atoms with van der Waals surface area (Å²) in [5.41, 5.74) is 0.0345. The van der Waals surface area contributed by atoms with Crippen LogP contribution in [0.5, 0.6) is 0 Å². The van der Waals surface area contributed by atoms with Gasteiger partial charge < -0.3 is 10.2 Å². The Kier molecular flexibility index (Phi) is 5.47. The molecule has 1 aromatic carbocycles. The number of amides is 1. The summed E-state index contributed by atoms with van der Waals surface area (Å²) in [6.45, 7) is 2.74. The summed E-state index contributed by atoms with van der Waals surface area (Å²) in [5, 5.41) is 2.49. The van der Waals surface area contributed by atoms with Gasteiger partial charge in [0, 0.05) is 19.0 Å². The third-order valence-electron chi connectivity index (χ3n) is 3.56. The van der Waals surface area contributed by atoms with E-state index in [2.05, 4.69) is 10.2 Å². The lowest BCUT2D eigenvalue weighted by molar-refractivity contribution is -0.116. The van der Waals surface area contributed by atoms with Gasteiger partial charge in [0.15, 0.2) is 0 Å². The van der Waals surface area contributed by atoms with Crippen LogP contribution in [0.15, 0.2) is 18.2 Å². The molecule has 0 aliphatic carbocycles. The topological polar surface area (TPSA) is 32.3 Å². The zero-order valence-corrected chi connectivity index (χ0v) is 11.5. The van der Waals surface area contributed by atoms with Crippen molar-refractivity contribution in [3.8, 4) is 0 Å². The Morgan fingerprint density at radius 1 is 1.15 bits per heavy atom. The first kappa shape index (κ1) is 14.9. The Balaban J connectivity index is 1.79. The van der Waals surface area contributed by atoms with Crippen molar-refractivity contribution in [3.63, 3.8) is 0 Å². The van der Waals surface area contributed by atoms with Gasteiger partial charge in [-0.05, 0) is 38.1 Å². The molecular formula is C15H20F2N2O. The van der Waals surface area contributed by atoms with Gasteiger partial charge in [-0.25, -0.2) is 8.78 Å². The van der Waals surface area contributed by atoms with Crippen molar-refractivity contribution in [1.29, 1.82) is 0 Å². The van der Waals surface area contributed by atoms with E-state index in [0.717, 1.165) is 25.2 Å². The van der Waals surface area contributed by atoms with Crippen molar-refractivity contribution in [1.82, 2.24) is 4.90 Å². The lowest BCUT2D eigenvalue weighted by Gasteiger charge is -2.19. The molecule has 5 heteroatoms. The van der Waals surface area contributed by atoms with Crippen molar-refractivity contribution in [2.75, 3.05) is 25.0 Å². The SMILES string of the molecule is O=C(CCN1CCCCCC1)Nc1ccc(F)cc1F. The van der Waals surface area contributed by atoms with Crippen molar-refractivity contribution in [2.45, 2.75) is 32.1 Å². The maximum atomic E-state index is 13.4. The Labute approximate surface area is 118 Å². The number of nitrogens with one attached hydrogen (secondary N) is 1. The average molecular weight is 282 g/mol. The van der Waals surface area contributed by atoms with Crippen LogP contribution >= 0.6 is 0 Å². The standard InChI is InChI=1S/C15H20F2N2O/c16-12-5-6-14(13(17)11-12)18-15(20)7-10-19-8-3-1-2-4-9-19/h5-6,11H,1-4,7-10H2,(H,18,20). The van der Waals surface area contributed by atoms with Gasteiger partial charge in [-0.3, -0.25) is 4.79 Å². The summed E-state index contributed by atoms with van der Waals surface area (Å²) in [6.07, 6.45) is 5.19. The highest BCUT2D eigenvalue weighted by atomic mass is 19.1. The minimum atomic E-state index is -0.742. The third kappa shape index (κ3) is 4.56. The van der Waals surface area contributed by atoms with Crippen LogP contribution in [-0.2, 0) is 4.79 Å². The van der Waals surface area contributed by atoms with Gasteiger partial charge >= 0.3 is 0 Å². The fourth-order valence-corrected chi connectivity index (χ4v) is 2.42. The van der Waals surface area contributed by atoms with E-state index in [4.69, 9.17) is 0 Å². The Morgan fingerprint density at radius 3 is 2.50 bits per heavy atom. The second-order valence-electron chi connectivity index (χ2n) is 5.18. The van der Waals surface area contributed by atoms with Crippen molar-refractivity contribution < 1.29 is 13.6 Å². The molecule has 110 valence electrons. The van der Waals surface area contributed by atoms with Crippen LogP contribution in [0.1, 0.15) is 32.1 Å². The normalized spacial score (nSPS) is 16.7. The number of hydrogen-bond donors (Lipinski definition) is 1. The number of benzene rings is 1. The van der Waals surface area contributed by atoms with Crippen LogP contribution in [0.2, 0.25) is 0 Å². The van der Waals surface area contributed by atoms with E-state index in [-0.39, 0.29) is 11.6 Å². The van der Waals surface area contributed by atoms with Crippen molar-refractivity contribution in [3.05, 3.63) is 29.8 Å². The molecule has 1 fully saturated rings. The van der Waals surface area contributed by atoms with E-state index in [1.54, 1.807) is 0 Å². The molecular weight excluding hydrogens is 262 g/mol. The van der Waals surface area contributed by atoms with Gasteiger partial charge in [-0.2, -0.15) is 0 Å². The Morgan fingerprint density at radius 2 is 1.85 bits per heavy atom. The molecule has 1 saturated heterocycles. The minimum Gasteiger partial charge on any atom is -0.324 e. The number of likely N-dealkylation sites (tertiary alicyclic amines) is 1. The Hall–Kier alpha value is -1.49. The number of nitrogens with zero attached hydrogens (tertiary/aromatic N) is 1. The van der Waals surface area contributed by atoms with E-state index in [1.807, 2.05) is 0 Å². The predicted octanol–water partition coefficient (Wildman–Crippen LogP) is 3.17. The van der Waals surface area contributed by atoms with E-state index < -0.39 is 11.6 Å². The maximum Gasteiger partial charge on any atom is 0.225 e. The zero-order chi connectivity index (χ0) is 14.4.